The van der Waals surface area contributed by atoms with Gasteiger partial charge in [-0.1, -0.05) is 0 Å². The number of aliphatic hydroxyl groups is 1. The third-order valence-electron chi connectivity index (χ3n) is 5.36. The number of piperidine rings is 1. The van der Waals surface area contributed by atoms with Crippen LogP contribution < -0.4 is 15.1 Å². The number of nitrogens with zero attached hydrogens (tertiary/aromatic N) is 4. The van der Waals surface area contributed by atoms with Crippen molar-refractivity contribution in [3.63, 3.8) is 0 Å². The van der Waals surface area contributed by atoms with E-state index in [1.807, 2.05) is 6.07 Å². The fraction of sp³-hybridized carbons (Fsp3) is 0.632. The first kappa shape index (κ1) is 20.1. The minimum absolute atomic E-state index is 0.0332. The lowest BCUT2D eigenvalue weighted by molar-refractivity contribution is 0.0826. The van der Waals surface area contributed by atoms with Crippen molar-refractivity contribution in [1.29, 1.82) is 0 Å². The Hall–Kier alpha value is -2.17. The van der Waals surface area contributed by atoms with E-state index in [0.29, 0.717) is 32.3 Å². The summed E-state index contributed by atoms with van der Waals surface area (Å²) in [5, 5.41) is 22.0. The minimum Gasteiger partial charge on any atom is -0.465 e. The molecule has 0 spiro atoms. The first-order chi connectivity index (χ1) is 13.8. The molecule has 2 aromatic rings. The number of carbonyl (C=O) groups is 1. The Morgan fingerprint density at radius 1 is 1.21 bits per heavy atom. The van der Waals surface area contributed by atoms with Crippen LogP contribution in [0.4, 0.5) is 16.6 Å². The lowest BCUT2D eigenvalue weighted by atomic mass is 10.1. The van der Waals surface area contributed by atoms with E-state index in [1.54, 1.807) is 13.8 Å². The number of anilines is 2. The first-order valence-electron chi connectivity index (χ1n) is 9.93. The van der Waals surface area contributed by atoms with Crippen LogP contribution >= 0.6 is 11.3 Å². The van der Waals surface area contributed by atoms with Crippen LogP contribution in [0.5, 0.6) is 0 Å². The molecule has 0 bridgehead atoms. The van der Waals surface area contributed by atoms with Crippen LogP contribution in [0.3, 0.4) is 0 Å². The molecular formula is C19H27N5O4S. The molecule has 2 saturated heterocycles. The topological polar surface area (TPSA) is 111 Å². The monoisotopic (exact) mass is 421 g/mol. The summed E-state index contributed by atoms with van der Waals surface area (Å²) in [7, 11) is 0. The Kier molecular flexibility index (Phi) is 5.50. The van der Waals surface area contributed by atoms with Gasteiger partial charge in [0.2, 0.25) is 5.95 Å². The number of hydrogen-bond donors (Lipinski definition) is 3. The van der Waals surface area contributed by atoms with E-state index in [1.165, 1.54) is 11.3 Å². The molecule has 4 heterocycles. The van der Waals surface area contributed by atoms with Gasteiger partial charge < -0.3 is 30.1 Å². The molecule has 0 aromatic carbocycles. The third-order valence-corrected chi connectivity index (χ3v) is 6.79. The fourth-order valence-electron chi connectivity index (χ4n) is 3.73. The maximum Gasteiger partial charge on any atom is 0.404 e. The summed E-state index contributed by atoms with van der Waals surface area (Å²) in [6.45, 7) is 7.82. The third kappa shape index (κ3) is 4.39. The molecular weight excluding hydrogens is 394 g/mol. The molecule has 4 rings (SSSR count). The standard InChI is InChI=1S/C19H27N5O4S/c1-19(2,27)14-11-13-15(29-14)16(23-7-9-28-10-8-23)22-17(21-13)24-5-3-12(4-6-24)20-18(25)26/h11-12,20,27H,3-10H2,1-2H3,(H,25,26). The molecule has 1 amide bonds. The number of morpholine rings is 1. The molecule has 2 aliphatic rings. The van der Waals surface area contributed by atoms with Crippen molar-refractivity contribution >= 4 is 39.4 Å². The predicted molar refractivity (Wildman–Crippen MR) is 112 cm³/mol. The van der Waals surface area contributed by atoms with E-state index in [4.69, 9.17) is 19.8 Å². The Balaban J connectivity index is 1.66. The molecule has 2 fully saturated rings. The molecule has 0 atom stereocenters. The normalized spacial score (nSPS) is 19.0. The van der Waals surface area contributed by atoms with Gasteiger partial charge in [-0.2, -0.15) is 4.98 Å². The van der Waals surface area contributed by atoms with E-state index in [2.05, 4.69) is 15.1 Å². The molecule has 9 nitrogen and oxygen atoms in total. The second-order valence-corrected chi connectivity index (χ2v) is 9.09. The molecule has 2 aliphatic heterocycles. The number of carboxylic acid groups (broad SMARTS) is 1. The van der Waals surface area contributed by atoms with Crippen molar-refractivity contribution in [3.05, 3.63) is 10.9 Å². The molecule has 0 unspecified atom stereocenters. The number of aromatic nitrogens is 2. The summed E-state index contributed by atoms with van der Waals surface area (Å²) in [5.41, 5.74) is -0.0984. The maximum atomic E-state index is 10.9. The predicted octanol–water partition coefficient (Wildman–Crippen LogP) is 1.99. The molecule has 0 radical (unpaired) electrons. The Morgan fingerprint density at radius 3 is 2.52 bits per heavy atom. The number of amides is 1. The second kappa shape index (κ2) is 7.92. The van der Waals surface area contributed by atoms with E-state index >= 15 is 0 Å². The van der Waals surface area contributed by atoms with Crippen molar-refractivity contribution < 1.29 is 19.7 Å². The molecule has 3 N–H and O–H groups in total. The van der Waals surface area contributed by atoms with Crippen molar-refractivity contribution in [2.24, 2.45) is 0 Å². The molecule has 29 heavy (non-hydrogen) atoms. The molecule has 158 valence electrons. The van der Waals surface area contributed by atoms with Gasteiger partial charge in [0.05, 0.1) is 29.0 Å². The van der Waals surface area contributed by atoms with Crippen LogP contribution in [0.1, 0.15) is 31.6 Å². The van der Waals surface area contributed by atoms with Crippen molar-refractivity contribution in [2.75, 3.05) is 49.2 Å². The summed E-state index contributed by atoms with van der Waals surface area (Å²) in [6.07, 6.45) is 0.464. The highest BCUT2D eigenvalue weighted by Crippen LogP contribution is 2.38. The number of hydrogen-bond acceptors (Lipinski definition) is 8. The zero-order valence-electron chi connectivity index (χ0n) is 16.7. The SMILES string of the molecule is CC(C)(O)c1cc2nc(N3CCC(NC(=O)O)CC3)nc(N3CCOCC3)c2s1. The largest absolute Gasteiger partial charge is 0.465 e. The van der Waals surface area contributed by atoms with E-state index in [-0.39, 0.29) is 6.04 Å². The molecule has 0 saturated carbocycles. The minimum atomic E-state index is -0.979. The van der Waals surface area contributed by atoms with E-state index in [0.717, 1.165) is 46.8 Å². The smallest absolute Gasteiger partial charge is 0.404 e. The van der Waals surface area contributed by atoms with Crippen molar-refractivity contribution in [1.82, 2.24) is 15.3 Å². The van der Waals surface area contributed by atoms with Gasteiger partial charge >= 0.3 is 6.09 Å². The summed E-state index contributed by atoms with van der Waals surface area (Å²) in [4.78, 5) is 25.8. The average Bonchev–Trinajstić information content (AvgIpc) is 3.13. The van der Waals surface area contributed by atoms with Crippen LogP contribution in [0.2, 0.25) is 0 Å². The van der Waals surface area contributed by atoms with Gasteiger partial charge in [-0.3, -0.25) is 0 Å². The van der Waals surface area contributed by atoms with Gasteiger partial charge in [0.25, 0.3) is 0 Å². The highest BCUT2D eigenvalue weighted by atomic mass is 32.1. The number of thiophene rings is 1. The lowest BCUT2D eigenvalue weighted by Gasteiger charge is -2.33. The van der Waals surface area contributed by atoms with Crippen LogP contribution in [-0.4, -0.2) is 71.7 Å². The quantitative estimate of drug-likeness (QED) is 0.687. The number of fused-ring (bicyclic) bond motifs is 1. The van der Waals surface area contributed by atoms with Gasteiger partial charge in [0.15, 0.2) is 5.82 Å². The van der Waals surface area contributed by atoms with Gasteiger partial charge in [-0.25, -0.2) is 9.78 Å². The van der Waals surface area contributed by atoms with Gasteiger partial charge in [-0.15, -0.1) is 11.3 Å². The summed E-state index contributed by atoms with van der Waals surface area (Å²) in [6, 6.07) is 1.92. The number of rotatable bonds is 4. The Labute approximate surface area is 173 Å². The van der Waals surface area contributed by atoms with Crippen LogP contribution in [0.15, 0.2) is 6.07 Å². The zero-order chi connectivity index (χ0) is 20.6. The van der Waals surface area contributed by atoms with Crippen LogP contribution in [0, 0.1) is 0 Å². The van der Waals surface area contributed by atoms with Crippen LogP contribution in [-0.2, 0) is 10.3 Å². The molecule has 10 heteroatoms. The Morgan fingerprint density at radius 2 is 1.90 bits per heavy atom. The fourth-order valence-corrected chi connectivity index (χ4v) is 4.85. The average molecular weight is 422 g/mol. The second-order valence-electron chi connectivity index (χ2n) is 8.04. The lowest BCUT2D eigenvalue weighted by Crippen LogP contribution is -2.45. The van der Waals surface area contributed by atoms with Gasteiger partial charge in [-0.05, 0) is 32.8 Å². The number of nitrogens with one attached hydrogen (secondary N) is 1. The first-order valence-corrected chi connectivity index (χ1v) is 10.7. The van der Waals surface area contributed by atoms with E-state index in [9.17, 15) is 9.90 Å². The molecule has 2 aromatic heterocycles. The van der Waals surface area contributed by atoms with Crippen molar-refractivity contribution in [2.45, 2.75) is 38.3 Å². The maximum absolute atomic E-state index is 10.9. The van der Waals surface area contributed by atoms with Gasteiger partial charge in [0.1, 0.15) is 0 Å². The summed E-state index contributed by atoms with van der Waals surface area (Å²) in [5.74, 6) is 1.55. The van der Waals surface area contributed by atoms with E-state index < -0.39 is 11.7 Å². The molecule has 0 aliphatic carbocycles. The highest BCUT2D eigenvalue weighted by molar-refractivity contribution is 7.19. The Bertz CT molecular complexity index is 883. The van der Waals surface area contributed by atoms with Crippen molar-refractivity contribution in [3.8, 4) is 0 Å². The summed E-state index contributed by atoms with van der Waals surface area (Å²) < 4.78 is 6.48. The highest BCUT2D eigenvalue weighted by Gasteiger charge is 2.27. The zero-order valence-corrected chi connectivity index (χ0v) is 17.5. The summed E-state index contributed by atoms with van der Waals surface area (Å²) >= 11 is 1.54. The van der Waals surface area contributed by atoms with Gasteiger partial charge in [0, 0.05) is 37.1 Å². The van der Waals surface area contributed by atoms with Crippen LogP contribution in [0.25, 0.3) is 10.2 Å². The number of ether oxygens (including phenoxy) is 1.